The van der Waals surface area contributed by atoms with Gasteiger partial charge in [-0.15, -0.1) is 0 Å². The van der Waals surface area contributed by atoms with Crippen LogP contribution in [0.1, 0.15) is 0 Å². The van der Waals surface area contributed by atoms with Crippen molar-refractivity contribution < 1.29 is 154 Å². The molecule has 0 spiro atoms. The minimum absolute atomic E-state index is 0. The molecule has 0 aromatic rings. The van der Waals surface area contributed by atoms with Crippen LogP contribution in [0.3, 0.4) is 0 Å². The van der Waals surface area contributed by atoms with E-state index >= 15 is 0 Å². The molecule has 0 bridgehead atoms. The Morgan fingerprint density at radius 3 is 0.471 bits per heavy atom. The molecule has 0 amide bonds. The van der Waals surface area contributed by atoms with Crippen LogP contribution in [0, 0.1) is 0 Å². The minimum atomic E-state index is -5.62. The molecular formula is CuKMn3O12. The van der Waals surface area contributed by atoms with E-state index in [4.69, 9.17) is 47.1 Å². The van der Waals surface area contributed by atoms with Crippen molar-refractivity contribution in [1.82, 2.24) is 0 Å². The van der Waals surface area contributed by atoms with Gasteiger partial charge in [-0.05, 0) is 0 Å². The number of hydrogen-bond donors (Lipinski definition) is 0. The van der Waals surface area contributed by atoms with Crippen molar-refractivity contribution in [3.63, 3.8) is 0 Å². The molecule has 12 nitrogen and oxygen atoms in total. The Labute approximate surface area is 152 Å². The maximum atomic E-state index is 8.58. The van der Waals surface area contributed by atoms with Crippen LogP contribution in [0.4, 0.5) is 0 Å². The molecule has 0 aliphatic rings. The van der Waals surface area contributed by atoms with Gasteiger partial charge in [0.25, 0.3) is 0 Å². The summed E-state index contributed by atoms with van der Waals surface area (Å²) in [6, 6.07) is 0. The van der Waals surface area contributed by atoms with Crippen LogP contribution >= 0.6 is 0 Å². The monoisotopic (exact) mass is 459 g/mol. The summed E-state index contributed by atoms with van der Waals surface area (Å²) >= 11 is -16.9. The SMILES string of the molecule is [Cu+2].[K+].[O]=[Mn](=[O])(=[O])[O-].[O]=[Mn](=[O])(=[O])[O-].[O]=[Mn](=[O])(=[O])[O-]. The van der Waals surface area contributed by atoms with Gasteiger partial charge in [-0.25, -0.2) is 0 Å². The fraction of sp³-hybridized carbons (Fsp3) is 0. The Hall–Kier alpha value is 1.79. The third kappa shape index (κ3) is 1380. The summed E-state index contributed by atoms with van der Waals surface area (Å²) in [4.78, 5) is 0. The van der Waals surface area contributed by atoms with Crippen molar-refractivity contribution in [3.8, 4) is 0 Å². The second-order valence-corrected chi connectivity index (χ2v) is 4.68. The predicted molar refractivity (Wildman–Crippen MR) is 6.18 cm³/mol. The predicted octanol–water partition coefficient (Wildman–Crippen LogP) is -7.64. The summed E-state index contributed by atoms with van der Waals surface area (Å²) in [7, 11) is 0. The summed E-state index contributed by atoms with van der Waals surface area (Å²) in [6.45, 7) is 0. The summed E-state index contributed by atoms with van der Waals surface area (Å²) in [5.41, 5.74) is 0. The van der Waals surface area contributed by atoms with Gasteiger partial charge in [0, 0.05) is 0 Å². The Morgan fingerprint density at radius 1 is 0.471 bits per heavy atom. The van der Waals surface area contributed by atoms with Crippen LogP contribution in [-0.2, 0) is 90.5 Å². The molecule has 0 aromatic heterocycles. The van der Waals surface area contributed by atoms with E-state index in [-0.39, 0.29) is 68.5 Å². The van der Waals surface area contributed by atoms with Gasteiger partial charge in [0.15, 0.2) is 0 Å². The van der Waals surface area contributed by atoms with Crippen LogP contribution in [0.15, 0.2) is 0 Å². The van der Waals surface area contributed by atoms with Gasteiger partial charge in [0.1, 0.15) is 0 Å². The first-order valence-electron chi connectivity index (χ1n) is 1.85. The van der Waals surface area contributed by atoms with E-state index in [1.807, 2.05) is 0 Å². The third-order valence-electron chi connectivity index (χ3n) is 0. The molecular weight excluding hydrogens is 459 g/mol. The van der Waals surface area contributed by atoms with Crippen LogP contribution in [0.25, 0.3) is 0 Å². The third-order valence-corrected chi connectivity index (χ3v) is 0. The van der Waals surface area contributed by atoms with Crippen molar-refractivity contribution in [3.05, 3.63) is 0 Å². The molecule has 0 saturated heterocycles. The zero-order chi connectivity index (χ0) is 13.5. The first-order valence-corrected chi connectivity index (χ1v) is 7.63. The van der Waals surface area contributed by atoms with Crippen molar-refractivity contribution in [2.75, 3.05) is 0 Å². The summed E-state index contributed by atoms with van der Waals surface area (Å²) in [5, 5.41) is 0. The average Bonchev–Trinajstić information content (AvgIpc) is 1.41. The van der Waals surface area contributed by atoms with Crippen molar-refractivity contribution >= 4 is 0 Å². The molecule has 0 heterocycles. The molecule has 0 aromatic carbocycles. The zero-order valence-corrected chi connectivity index (χ0v) is 14.9. The normalized spacial score (nSPS) is 10.1. The quantitative estimate of drug-likeness (QED) is 0.308. The van der Waals surface area contributed by atoms with Gasteiger partial charge >= 0.3 is 154 Å². The summed E-state index contributed by atoms with van der Waals surface area (Å²) < 4.78 is 103. The first-order chi connectivity index (χ1) is 6.00. The van der Waals surface area contributed by atoms with E-state index in [2.05, 4.69) is 0 Å². The number of hydrogen-bond acceptors (Lipinski definition) is 12. The van der Waals surface area contributed by atoms with Crippen LogP contribution < -0.4 is 64.0 Å². The molecule has 0 aliphatic heterocycles. The van der Waals surface area contributed by atoms with Gasteiger partial charge in [-0.3, -0.25) is 0 Å². The molecule has 0 atom stereocenters. The Morgan fingerprint density at radius 2 is 0.471 bits per heavy atom. The molecule has 0 N–H and O–H groups in total. The van der Waals surface area contributed by atoms with E-state index in [1.165, 1.54) is 0 Å². The van der Waals surface area contributed by atoms with E-state index in [1.54, 1.807) is 0 Å². The molecule has 17 heteroatoms. The van der Waals surface area contributed by atoms with Gasteiger partial charge in [0.05, 0.1) is 0 Å². The van der Waals surface area contributed by atoms with E-state index in [0.29, 0.717) is 0 Å². The molecule has 0 fully saturated rings. The molecule has 1 radical (unpaired) electrons. The molecule has 0 aliphatic carbocycles. The standard InChI is InChI=1S/Cu.K.3Mn.12O/q+2;+1;;;;;;;;;;;;;3*-1. The zero-order valence-electron chi connectivity index (χ0n) is 7.33. The van der Waals surface area contributed by atoms with Crippen molar-refractivity contribution in [2.45, 2.75) is 0 Å². The van der Waals surface area contributed by atoms with E-state index in [0.717, 1.165) is 0 Å². The molecule has 0 unspecified atom stereocenters. The Balaban J connectivity index is -0.0000000400. The summed E-state index contributed by atoms with van der Waals surface area (Å²) in [6.07, 6.45) is 0. The van der Waals surface area contributed by atoms with Gasteiger partial charge < -0.3 is 0 Å². The maximum absolute atomic E-state index is 8.58. The number of rotatable bonds is 0. The average molecular weight is 459 g/mol. The topological polar surface area (TPSA) is 223 Å². The van der Waals surface area contributed by atoms with Crippen molar-refractivity contribution in [2.24, 2.45) is 0 Å². The Bertz CT molecular complexity index is 485. The second-order valence-electron chi connectivity index (χ2n) is 1.13. The Kier molecular flexibility index (Phi) is 23.6. The van der Waals surface area contributed by atoms with Crippen LogP contribution in [0.2, 0.25) is 0 Å². The van der Waals surface area contributed by atoms with Gasteiger partial charge in [0.2, 0.25) is 0 Å². The van der Waals surface area contributed by atoms with Crippen LogP contribution in [0.5, 0.6) is 0 Å². The van der Waals surface area contributed by atoms with Gasteiger partial charge in [-0.2, -0.15) is 0 Å². The van der Waals surface area contributed by atoms with E-state index in [9.17, 15) is 0 Å². The fourth-order valence-electron chi connectivity index (χ4n) is 0. The second kappa shape index (κ2) is 12.8. The van der Waals surface area contributed by atoms with Gasteiger partial charge in [-0.1, -0.05) is 0 Å². The molecule has 0 rings (SSSR count). The first kappa shape index (κ1) is 31.3. The summed E-state index contributed by atoms with van der Waals surface area (Å²) in [5.74, 6) is 0. The van der Waals surface area contributed by atoms with Crippen LogP contribution in [-0.4, -0.2) is 0 Å². The molecule has 17 heavy (non-hydrogen) atoms. The van der Waals surface area contributed by atoms with Crippen molar-refractivity contribution in [1.29, 1.82) is 0 Å². The van der Waals surface area contributed by atoms with E-state index < -0.39 is 38.9 Å². The fourth-order valence-corrected chi connectivity index (χ4v) is 0. The molecule has 0 saturated carbocycles. The molecule has 105 valence electrons.